The number of phenolic OH excluding ortho intramolecular Hbond substituents is 1. The summed E-state index contributed by atoms with van der Waals surface area (Å²) in [5.41, 5.74) is 2.72. The molecule has 1 amide bonds. The Morgan fingerprint density at radius 1 is 1.16 bits per heavy atom. The molecule has 0 aliphatic heterocycles. The Hall–Kier alpha value is -3.11. The number of rotatable bonds is 7. The first kappa shape index (κ1) is 23.6. The molecule has 9 nitrogen and oxygen atoms in total. The molecule has 0 radical (unpaired) electrons. The molecule has 0 atom stereocenters. The van der Waals surface area contributed by atoms with Crippen molar-refractivity contribution in [3.63, 3.8) is 0 Å². The Kier molecular flexibility index (Phi) is 6.75. The highest BCUT2D eigenvalue weighted by atomic mass is 32.2. The second kappa shape index (κ2) is 9.17. The van der Waals surface area contributed by atoms with Crippen molar-refractivity contribution in [2.75, 3.05) is 11.9 Å². The van der Waals surface area contributed by atoms with Crippen molar-refractivity contribution in [2.45, 2.75) is 44.9 Å². The van der Waals surface area contributed by atoms with Gasteiger partial charge in [-0.05, 0) is 61.4 Å². The van der Waals surface area contributed by atoms with Crippen LogP contribution >= 0.6 is 0 Å². The van der Waals surface area contributed by atoms with Gasteiger partial charge >= 0.3 is 11.9 Å². The number of phenols is 1. The highest BCUT2D eigenvalue weighted by molar-refractivity contribution is 7.89. The largest absolute Gasteiger partial charge is 0.507 e. The Morgan fingerprint density at radius 2 is 1.84 bits per heavy atom. The number of carbonyl (C=O) groups is 2. The minimum absolute atomic E-state index is 0.0942. The molecule has 0 heterocycles. The fourth-order valence-corrected chi connectivity index (χ4v) is 4.90. The molecule has 0 bridgehead atoms. The summed E-state index contributed by atoms with van der Waals surface area (Å²) in [6.07, 6.45) is 2.12. The number of fused-ring (bicyclic) bond motifs is 1. The van der Waals surface area contributed by atoms with Crippen LogP contribution in [0.4, 0.5) is 5.69 Å². The summed E-state index contributed by atoms with van der Waals surface area (Å²) >= 11 is 0. The Labute approximate surface area is 186 Å². The molecule has 0 aromatic heterocycles. The summed E-state index contributed by atoms with van der Waals surface area (Å²) < 4.78 is 33.7. The predicted molar refractivity (Wildman–Crippen MR) is 118 cm³/mol. The number of nitrogens with one attached hydrogen (secondary N) is 2. The van der Waals surface area contributed by atoms with Gasteiger partial charge in [0.05, 0.1) is 0 Å². The molecule has 0 spiro atoms. The molecule has 10 heteroatoms. The van der Waals surface area contributed by atoms with Crippen molar-refractivity contribution in [1.29, 1.82) is 0 Å². The van der Waals surface area contributed by atoms with Gasteiger partial charge in [0.25, 0.3) is 0 Å². The van der Waals surface area contributed by atoms with Crippen molar-refractivity contribution in [2.24, 2.45) is 5.92 Å². The van der Waals surface area contributed by atoms with E-state index in [-0.39, 0.29) is 28.9 Å². The maximum Gasteiger partial charge on any atom is 0.394 e. The summed E-state index contributed by atoms with van der Waals surface area (Å²) in [5.74, 6) is -2.23. The van der Waals surface area contributed by atoms with E-state index < -0.39 is 21.9 Å². The van der Waals surface area contributed by atoms with E-state index in [1.807, 2.05) is 13.8 Å². The van der Waals surface area contributed by atoms with E-state index in [1.54, 1.807) is 13.0 Å². The Balaban J connectivity index is 1.95. The maximum atomic E-state index is 12.6. The SMILES string of the molecule is Cc1cc(NC(=O)C(=O)O)c2c(c1Oc1ccc(O)c(S(=O)(=O)NCC(C)C)c1)CCC2. The first-order valence-electron chi connectivity index (χ1n) is 10.2. The Morgan fingerprint density at radius 3 is 2.50 bits per heavy atom. The number of amides is 1. The monoisotopic (exact) mass is 462 g/mol. The lowest BCUT2D eigenvalue weighted by Crippen LogP contribution is -2.27. The highest BCUT2D eigenvalue weighted by Crippen LogP contribution is 2.41. The topological polar surface area (TPSA) is 142 Å². The van der Waals surface area contributed by atoms with Gasteiger partial charge < -0.3 is 20.3 Å². The van der Waals surface area contributed by atoms with Crippen molar-refractivity contribution >= 4 is 27.6 Å². The Bertz CT molecular complexity index is 1170. The smallest absolute Gasteiger partial charge is 0.394 e. The van der Waals surface area contributed by atoms with Crippen molar-refractivity contribution < 1.29 is 33.0 Å². The van der Waals surface area contributed by atoms with Crippen LogP contribution in [-0.4, -0.2) is 37.1 Å². The van der Waals surface area contributed by atoms with Gasteiger partial charge in [-0.1, -0.05) is 13.8 Å². The van der Waals surface area contributed by atoms with Gasteiger partial charge in [-0.25, -0.2) is 17.9 Å². The molecular formula is C22H26N2O7S. The molecule has 4 N–H and O–H groups in total. The number of hydrogen-bond acceptors (Lipinski definition) is 6. The molecule has 2 aromatic rings. The van der Waals surface area contributed by atoms with E-state index in [2.05, 4.69) is 10.0 Å². The van der Waals surface area contributed by atoms with E-state index in [0.717, 1.165) is 17.5 Å². The molecule has 0 unspecified atom stereocenters. The van der Waals surface area contributed by atoms with Gasteiger partial charge in [0.1, 0.15) is 22.1 Å². The molecule has 2 aromatic carbocycles. The third kappa shape index (κ3) is 5.03. The number of aromatic hydroxyl groups is 1. The number of carboxylic acid groups (broad SMARTS) is 1. The fourth-order valence-electron chi connectivity index (χ4n) is 3.57. The summed E-state index contributed by atoms with van der Waals surface area (Å²) in [4.78, 5) is 22.3. The summed E-state index contributed by atoms with van der Waals surface area (Å²) in [6, 6.07) is 5.63. The third-order valence-corrected chi connectivity index (χ3v) is 6.55. The number of aryl methyl sites for hydroxylation is 1. The minimum atomic E-state index is -3.93. The highest BCUT2D eigenvalue weighted by Gasteiger charge is 2.25. The number of hydrogen-bond donors (Lipinski definition) is 4. The lowest BCUT2D eigenvalue weighted by atomic mass is 10.0. The number of carboxylic acids is 1. The van der Waals surface area contributed by atoms with E-state index in [9.17, 15) is 23.1 Å². The van der Waals surface area contributed by atoms with Crippen LogP contribution in [0.1, 0.15) is 37.0 Å². The molecule has 32 heavy (non-hydrogen) atoms. The molecule has 3 rings (SSSR count). The quantitative estimate of drug-likeness (QED) is 0.463. The predicted octanol–water partition coefficient (Wildman–Crippen LogP) is 2.94. The van der Waals surface area contributed by atoms with Crippen molar-refractivity contribution in [1.82, 2.24) is 4.72 Å². The standard InChI is InChI=1S/C22H26N2O7S/c1-12(2)11-23-32(29,30)19-10-14(7-8-18(19)25)31-20-13(3)9-17(24-21(26)22(27)28)15-5-4-6-16(15)20/h7-10,12,23,25H,4-6,11H2,1-3H3,(H,24,26)(H,27,28). The normalized spacial score (nSPS) is 13.1. The van der Waals surface area contributed by atoms with Crippen LogP contribution in [0.3, 0.4) is 0 Å². The average molecular weight is 463 g/mol. The van der Waals surface area contributed by atoms with Crippen LogP contribution in [0, 0.1) is 12.8 Å². The van der Waals surface area contributed by atoms with Crippen LogP contribution in [0.25, 0.3) is 0 Å². The maximum absolute atomic E-state index is 12.6. The zero-order valence-electron chi connectivity index (χ0n) is 18.1. The number of benzene rings is 2. The molecule has 0 saturated carbocycles. The van der Waals surface area contributed by atoms with E-state index >= 15 is 0 Å². The van der Waals surface area contributed by atoms with E-state index in [4.69, 9.17) is 9.84 Å². The zero-order chi connectivity index (χ0) is 23.6. The molecule has 1 aliphatic rings. The second-order valence-electron chi connectivity index (χ2n) is 8.12. The van der Waals surface area contributed by atoms with Gasteiger partial charge in [0.2, 0.25) is 10.0 Å². The first-order valence-corrected chi connectivity index (χ1v) is 11.7. The lowest BCUT2D eigenvalue weighted by molar-refractivity contribution is -0.147. The van der Waals surface area contributed by atoms with Gasteiger partial charge in [-0.3, -0.25) is 4.79 Å². The van der Waals surface area contributed by atoms with Gasteiger partial charge in [0, 0.05) is 23.9 Å². The number of carbonyl (C=O) groups excluding carboxylic acids is 1. The van der Waals surface area contributed by atoms with Crippen LogP contribution < -0.4 is 14.8 Å². The van der Waals surface area contributed by atoms with Crippen LogP contribution in [-0.2, 0) is 32.5 Å². The molecule has 1 aliphatic carbocycles. The summed E-state index contributed by atoms with van der Waals surface area (Å²) in [5, 5.41) is 21.4. The first-order chi connectivity index (χ1) is 15.0. The zero-order valence-corrected chi connectivity index (χ0v) is 18.9. The molecular weight excluding hydrogens is 436 g/mol. The molecule has 0 fully saturated rings. The third-order valence-electron chi connectivity index (χ3n) is 5.10. The van der Waals surface area contributed by atoms with E-state index in [0.29, 0.717) is 29.8 Å². The summed E-state index contributed by atoms with van der Waals surface area (Å²) in [7, 11) is -3.93. The van der Waals surface area contributed by atoms with Crippen LogP contribution in [0.15, 0.2) is 29.2 Å². The second-order valence-corrected chi connectivity index (χ2v) is 9.85. The average Bonchev–Trinajstić information content (AvgIpc) is 3.20. The lowest BCUT2D eigenvalue weighted by Gasteiger charge is -2.18. The number of ether oxygens (including phenoxy) is 1. The molecule has 0 saturated heterocycles. The fraction of sp³-hybridized carbons (Fsp3) is 0.364. The van der Waals surface area contributed by atoms with Gasteiger partial charge in [-0.15, -0.1) is 0 Å². The number of sulfonamides is 1. The van der Waals surface area contributed by atoms with Crippen molar-refractivity contribution in [3.05, 3.63) is 41.0 Å². The van der Waals surface area contributed by atoms with Crippen LogP contribution in [0.5, 0.6) is 17.2 Å². The number of anilines is 1. The minimum Gasteiger partial charge on any atom is -0.507 e. The summed E-state index contributed by atoms with van der Waals surface area (Å²) in [6.45, 7) is 5.72. The van der Waals surface area contributed by atoms with Crippen molar-refractivity contribution in [3.8, 4) is 17.2 Å². The van der Waals surface area contributed by atoms with Gasteiger partial charge in [0.15, 0.2) is 0 Å². The molecule has 172 valence electrons. The van der Waals surface area contributed by atoms with E-state index in [1.165, 1.54) is 18.2 Å². The van der Waals surface area contributed by atoms with Crippen LogP contribution in [0.2, 0.25) is 0 Å². The number of aliphatic carboxylic acids is 1. The van der Waals surface area contributed by atoms with Gasteiger partial charge in [-0.2, -0.15) is 0 Å².